The van der Waals surface area contributed by atoms with Crippen molar-refractivity contribution in [2.24, 2.45) is 11.8 Å². The summed E-state index contributed by atoms with van der Waals surface area (Å²) in [7, 11) is 2.11. The van der Waals surface area contributed by atoms with Gasteiger partial charge in [-0.05, 0) is 55.0 Å². The van der Waals surface area contributed by atoms with Crippen LogP contribution in [0.15, 0.2) is 16.6 Å². The Morgan fingerprint density at radius 1 is 1.40 bits per heavy atom. The number of hydrogen-bond donors (Lipinski definition) is 1. The predicted molar refractivity (Wildman–Crippen MR) is 86.4 cm³/mol. The summed E-state index contributed by atoms with van der Waals surface area (Å²) in [6.07, 6.45) is 6.26. The summed E-state index contributed by atoms with van der Waals surface area (Å²) in [6.45, 7) is 3.24. The van der Waals surface area contributed by atoms with Crippen molar-refractivity contribution in [3.05, 3.63) is 27.7 Å². The second-order valence-electron chi connectivity index (χ2n) is 6.32. The molecular weight excluding hydrogens is 314 g/mol. The summed E-state index contributed by atoms with van der Waals surface area (Å²) in [6, 6.07) is 5.02. The molecular formula is C17H24BrNO. The van der Waals surface area contributed by atoms with E-state index in [1.54, 1.807) is 0 Å². The molecule has 0 saturated heterocycles. The van der Waals surface area contributed by atoms with E-state index in [-0.39, 0.29) is 0 Å². The Bertz CT molecular complexity index is 488. The largest absolute Gasteiger partial charge is 0.493 e. The van der Waals surface area contributed by atoms with Crippen LogP contribution >= 0.6 is 15.9 Å². The van der Waals surface area contributed by atoms with Crippen molar-refractivity contribution in [3.8, 4) is 5.75 Å². The molecule has 0 spiro atoms. The molecule has 3 rings (SSSR count). The first-order valence-electron chi connectivity index (χ1n) is 7.80. The number of benzene rings is 1. The highest BCUT2D eigenvalue weighted by Gasteiger charge is 2.31. The lowest BCUT2D eigenvalue weighted by molar-refractivity contribution is 0.302. The third-order valence-corrected chi connectivity index (χ3v) is 5.54. The zero-order chi connectivity index (χ0) is 14.1. The normalized spacial score (nSPS) is 26.4. The van der Waals surface area contributed by atoms with Gasteiger partial charge < -0.3 is 10.1 Å². The summed E-state index contributed by atoms with van der Waals surface area (Å²) in [4.78, 5) is 0. The fraction of sp³-hybridized carbons (Fsp3) is 0.647. The molecule has 1 heterocycles. The third-order valence-electron chi connectivity index (χ3n) is 5.08. The van der Waals surface area contributed by atoms with Crippen LogP contribution in [0.4, 0.5) is 0 Å². The molecule has 0 bridgehead atoms. The molecule has 0 radical (unpaired) electrons. The summed E-state index contributed by atoms with van der Waals surface area (Å²) in [5, 5.41) is 3.56. The second-order valence-corrected chi connectivity index (χ2v) is 7.24. The first kappa shape index (κ1) is 14.4. The summed E-state index contributed by atoms with van der Waals surface area (Å²) >= 11 is 3.65. The molecule has 1 aromatic rings. The quantitative estimate of drug-likeness (QED) is 0.898. The SMILES string of the molecule is CNC(Cc1cc(Br)cc2c1OCC2)C1CCCC1C. The van der Waals surface area contributed by atoms with E-state index < -0.39 is 0 Å². The third kappa shape index (κ3) is 2.75. The highest BCUT2D eigenvalue weighted by Crippen LogP contribution is 2.38. The molecule has 0 aromatic heterocycles. The lowest BCUT2D eigenvalue weighted by atomic mass is 9.86. The van der Waals surface area contributed by atoms with E-state index in [0.29, 0.717) is 6.04 Å². The van der Waals surface area contributed by atoms with Crippen molar-refractivity contribution in [2.45, 2.75) is 45.1 Å². The molecule has 3 heteroatoms. The van der Waals surface area contributed by atoms with Crippen LogP contribution in [-0.4, -0.2) is 19.7 Å². The van der Waals surface area contributed by atoms with Gasteiger partial charge in [0.1, 0.15) is 5.75 Å². The Kier molecular flexibility index (Phi) is 4.37. The minimum Gasteiger partial charge on any atom is -0.493 e. The molecule has 20 heavy (non-hydrogen) atoms. The Labute approximate surface area is 130 Å². The van der Waals surface area contributed by atoms with Gasteiger partial charge in [-0.1, -0.05) is 35.7 Å². The van der Waals surface area contributed by atoms with E-state index >= 15 is 0 Å². The summed E-state index contributed by atoms with van der Waals surface area (Å²) in [5.41, 5.74) is 2.73. The van der Waals surface area contributed by atoms with Gasteiger partial charge in [-0.3, -0.25) is 0 Å². The molecule has 3 atom stereocenters. The highest BCUT2D eigenvalue weighted by molar-refractivity contribution is 9.10. The van der Waals surface area contributed by atoms with Crippen molar-refractivity contribution >= 4 is 15.9 Å². The molecule has 1 fully saturated rings. The topological polar surface area (TPSA) is 21.3 Å². The van der Waals surface area contributed by atoms with Crippen molar-refractivity contribution in [3.63, 3.8) is 0 Å². The molecule has 2 nitrogen and oxygen atoms in total. The number of likely N-dealkylation sites (N-methyl/N-ethyl adjacent to an activating group) is 1. The zero-order valence-electron chi connectivity index (χ0n) is 12.4. The van der Waals surface area contributed by atoms with E-state index in [1.165, 1.54) is 34.9 Å². The van der Waals surface area contributed by atoms with E-state index in [1.807, 2.05) is 0 Å². The van der Waals surface area contributed by atoms with Gasteiger partial charge in [0.25, 0.3) is 0 Å². The molecule has 1 aromatic carbocycles. The van der Waals surface area contributed by atoms with Gasteiger partial charge in [0.2, 0.25) is 0 Å². The van der Waals surface area contributed by atoms with Crippen molar-refractivity contribution in [2.75, 3.05) is 13.7 Å². The Hall–Kier alpha value is -0.540. The van der Waals surface area contributed by atoms with Crippen LogP contribution < -0.4 is 10.1 Å². The molecule has 2 aliphatic rings. The fourth-order valence-corrected chi connectivity index (χ4v) is 4.53. The average molecular weight is 338 g/mol. The Morgan fingerprint density at radius 3 is 2.95 bits per heavy atom. The van der Waals surface area contributed by atoms with Crippen LogP contribution in [0.5, 0.6) is 5.75 Å². The molecule has 1 aliphatic carbocycles. The fourth-order valence-electron chi connectivity index (χ4n) is 3.97. The Balaban J connectivity index is 1.82. The molecule has 1 saturated carbocycles. The molecule has 110 valence electrons. The average Bonchev–Trinajstić information content (AvgIpc) is 3.04. The van der Waals surface area contributed by atoms with Gasteiger partial charge in [0.15, 0.2) is 0 Å². The van der Waals surface area contributed by atoms with Crippen LogP contribution in [-0.2, 0) is 12.8 Å². The maximum Gasteiger partial charge on any atom is 0.125 e. The van der Waals surface area contributed by atoms with E-state index in [4.69, 9.17) is 4.74 Å². The van der Waals surface area contributed by atoms with Crippen LogP contribution in [0, 0.1) is 11.8 Å². The first-order chi connectivity index (χ1) is 9.69. The highest BCUT2D eigenvalue weighted by atomic mass is 79.9. The maximum absolute atomic E-state index is 5.87. The van der Waals surface area contributed by atoms with Crippen LogP contribution in [0.2, 0.25) is 0 Å². The Morgan fingerprint density at radius 2 is 2.25 bits per heavy atom. The number of hydrogen-bond acceptors (Lipinski definition) is 2. The number of halogens is 1. The maximum atomic E-state index is 5.87. The molecule has 1 aliphatic heterocycles. The summed E-state index contributed by atoms with van der Waals surface area (Å²) < 4.78 is 7.06. The van der Waals surface area contributed by atoms with Gasteiger partial charge in [0, 0.05) is 16.9 Å². The first-order valence-corrected chi connectivity index (χ1v) is 8.59. The number of rotatable bonds is 4. The standard InChI is InChI=1S/C17H24BrNO/c1-11-4-3-5-15(11)16(19-2)10-13-9-14(18)8-12-6-7-20-17(12)13/h8-9,11,15-16,19H,3-7,10H2,1-2H3. The number of nitrogens with one attached hydrogen (secondary N) is 1. The van der Waals surface area contributed by atoms with Gasteiger partial charge in [-0.15, -0.1) is 0 Å². The summed E-state index contributed by atoms with van der Waals surface area (Å²) in [5.74, 6) is 2.80. The van der Waals surface area contributed by atoms with Crippen LogP contribution in [0.3, 0.4) is 0 Å². The van der Waals surface area contributed by atoms with Crippen molar-refractivity contribution in [1.82, 2.24) is 5.32 Å². The molecule has 0 amide bonds. The second kappa shape index (κ2) is 6.07. The minimum atomic E-state index is 0.565. The molecule has 3 unspecified atom stereocenters. The van der Waals surface area contributed by atoms with Gasteiger partial charge in [-0.25, -0.2) is 0 Å². The lowest BCUT2D eigenvalue weighted by Crippen LogP contribution is -2.37. The van der Waals surface area contributed by atoms with E-state index in [9.17, 15) is 0 Å². The predicted octanol–water partition coefficient (Wildman–Crippen LogP) is 3.95. The van der Waals surface area contributed by atoms with Crippen molar-refractivity contribution < 1.29 is 4.74 Å². The van der Waals surface area contributed by atoms with E-state index in [0.717, 1.165) is 37.0 Å². The lowest BCUT2D eigenvalue weighted by Gasteiger charge is -2.27. The van der Waals surface area contributed by atoms with E-state index in [2.05, 4.69) is 47.4 Å². The zero-order valence-corrected chi connectivity index (χ0v) is 14.0. The van der Waals surface area contributed by atoms with Gasteiger partial charge in [-0.2, -0.15) is 0 Å². The minimum absolute atomic E-state index is 0.565. The van der Waals surface area contributed by atoms with Crippen LogP contribution in [0.1, 0.15) is 37.3 Å². The van der Waals surface area contributed by atoms with Gasteiger partial charge >= 0.3 is 0 Å². The van der Waals surface area contributed by atoms with Crippen molar-refractivity contribution in [1.29, 1.82) is 0 Å². The van der Waals surface area contributed by atoms with Gasteiger partial charge in [0.05, 0.1) is 6.61 Å². The molecule has 1 N–H and O–H groups in total. The number of ether oxygens (including phenoxy) is 1. The monoisotopic (exact) mass is 337 g/mol. The van der Waals surface area contributed by atoms with Crippen LogP contribution in [0.25, 0.3) is 0 Å². The smallest absolute Gasteiger partial charge is 0.125 e. The number of fused-ring (bicyclic) bond motifs is 1.